The first-order valence-electron chi connectivity index (χ1n) is 7.14. The van der Waals surface area contributed by atoms with Gasteiger partial charge in [-0.15, -0.1) is 5.10 Å². The molecule has 0 aromatic carbocycles. The van der Waals surface area contributed by atoms with Crippen LogP contribution in [0.3, 0.4) is 0 Å². The van der Waals surface area contributed by atoms with Crippen molar-refractivity contribution in [3.05, 3.63) is 17.3 Å². The fraction of sp³-hybridized carbons (Fsp3) is 0.714. The van der Waals surface area contributed by atoms with Gasteiger partial charge in [-0.25, -0.2) is 0 Å². The van der Waals surface area contributed by atoms with Gasteiger partial charge in [0.25, 0.3) is 0 Å². The number of hydrogen-bond acceptors (Lipinski definition) is 5. The number of aromatic nitrogens is 2. The first kappa shape index (κ1) is 14.2. The van der Waals surface area contributed by atoms with Gasteiger partial charge in [-0.1, -0.05) is 13.3 Å². The fourth-order valence-corrected chi connectivity index (χ4v) is 2.42. The summed E-state index contributed by atoms with van der Waals surface area (Å²) in [7, 11) is 2.13. The second-order valence-electron chi connectivity index (χ2n) is 5.23. The number of aliphatic hydroxyl groups is 1. The fourth-order valence-electron chi connectivity index (χ4n) is 2.42. The lowest BCUT2D eigenvalue weighted by Crippen LogP contribution is -2.31. The minimum Gasteiger partial charge on any atom is -0.395 e. The second-order valence-corrected chi connectivity index (χ2v) is 5.23. The third-order valence-electron chi connectivity index (χ3n) is 3.59. The normalized spacial score (nSPS) is 15.3. The average Bonchev–Trinajstić information content (AvgIpc) is 2.42. The zero-order chi connectivity index (χ0) is 13.7. The van der Waals surface area contributed by atoms with Crippen LogP contribution in [-0.4, -0.2) is 53.5 Å². The zero-order valence-corrected chi connectivity index (χ0v) is 12.0. The highest BCUT2D eigenvalue weighted by atomic mass is 16.3. The molecule has 1 N–H and O–H groups in total. The van der Waals surface area contributed by atoms with Gasteiger partial charge in [-0.05, 0) is 25.1 Å². The highest BCUT2D eigenvalue weighted by Gasteiger charge is 2.17. The van der Waals surface area contributed by atoms with Crippen molar-refractivity contribution in [3.8, 4) is 0 Å². The number of nitrogens with zero attached hydrogens (tertiary/aromatic N) is 4. The highest BCUT2D eigenvalue weighted by molar-refractivity contribution is 5.42. The summed E-state index contributed by atoms with van der Waals surface area (Å²) < 4.78 is 0. The summed E-state index contributed by atoms with van der Waals surface area (Å²) in [5.41, 5.74) is 2.40. The Morgan fingerprint density at radius 2 is 2.21 bits per heavy atom. The number of hydrogen-bond donors (Lipinski definition) is 1. The number of unbranched alkanes of at least 4 members (excludes halogenated alkanes) is 1. The van der Waals surface area contributed by atoms with E-state index in [0.717, 1.165) is 50.4 Å². The molecular formula is C14H24N4O. The van der Waals surface area contributed by atoms with Crippen LogP contribution in [0.25, 0.3) is 0 Å². The number of rotatable bonds is 6. The van der Waals surface area contributed by atoms with E-state index in [1.54, 1.807) is 0 Å². The van der Waals surface area contributed by atoms with Gasteiger partial charge in [-0.2, -0.15) is 5.10 Å². The Labute approximate surface area is 115 Å². The van der Waals surface area contributed by atoms with E-state index in [1.165, 1.54) is 5.56 Å². The molecule has 1 aliphatic heterocycles. The molecule has 2 heterocycles. The Balaban J connectivity index is 2.15. The van der Waals surface area contributed by atoms with Crippen LogP contribution in [0.2, 0.25) is 0 Å². The molecule has 19 heavy (non-hydrogen) atoms. The minimum absolute atomic E-state index is 0.155. The molecule has 0 saturated heterocycles. The van der Waals surface area contributed by atoms with Gasteiger partial charge in [0.2, 0.25) is 0 Å². The monoisotopic (exact) mass is 264 g/mol. The van der Waals surface area contributed by atoms with E-state index in [4.69, 9.17) is 0 Å². The summed E-state index contributed by atoms with van der Waals surface area (Å²) in [4.78, 5) is 4.43. The first-order chi connectivity index (χ1) is 9.24. The van der Waals surface area contributed by atoms with Crippen LogP contribution in [0.15, 0.2) is 6.07 Å². The lowest BCUT2D eigenvalue weighted by atomic mass is 10.1. The Kier molecular flexibility index (Phi) is 5.10. The van der Waals surface area contributed by atoms with Gasteiger partial charge in [0.15, 0.2) is 5.82 Å². The van der Waals surface area contributed by atoms with Gasteiger partial charge < -0.3 is 14.9 Å². The molecule has 0 saturated carbocycles. The van der Waals surface area contributed by atoms with E-state index < -0.39 is 0 Å². The van der Waals surface area contributed by atoms with Gasteiger partial charge in [0.05, 0.1) is 12.3 Å². The van der Waals surface area contributed by atoms with E-state index in [-0.39, 0.29) is 6.61 Å². The van der Waals surface area contributed by atoms with E-state index >= 15 is 0 Å². The summed E-state index contributed by atoms with van der Waals surface area (Å²) in [5.74, 6) is 0.900. The van der Waals surface area contributed by atoms with Crippen molar-refractivity contribution in [2.45, 2.75) is 32.7 Å². The zero-order valence-electron chi connectivity index (χ0n) is 12.0. The summed E-state index contributed by atoms with van der Waals surface area (Å²) in [5, 5.41) is 17.9. The van der Waals surface area contributed by atoms with Gasteiger partial charge in [0, 0.05) is 32.6 Å². The van der Waals surface area contributed by atoms with E-state index in [9.17, 15) is 5.11 Å². The number of anilines is 1. The summed E-state index contributed by atoms with van der Waals surface area (Å²) in [6.45, 7) is 5.88. The molecule has 106 valence electrons. The number of likely N-dealkylation sites (N-methyl/N-ethyl adjacent to an activating group) is 1. The maximum atomic E-state index is 9.18. The van der Waals surface area contributed by atoms with Crippen LogP contribution in [0.4, 0.5) is 5.82 Å². The maximum Gasteiger partial charge on any atom is 0.151 e. The largest absolute Gasteiger partial charge is 0.395 e. The van der Waals surface area contributed by atoms with Crippen molar-refractivity contribution in [3.63, 3.8) is 0 Å². The van der Waals surface area contributed by atoms with E-state index in [1.807, 2.05) is 0 Å². The first-order valence-corrected chi connectivity index (χ1v) is 7.14. The van der Waals surface area contributed by atoms with Crippen molar-refractivity contribution in [1.29, 1.82) is 0 Å². The average molecular weight is 264 g/mol. The lowest BCUT2D eigenvalue weighted by Gasteiger charge is -2.27. The molecule has 0 bridgehead atoms. The van der Waals surface area contributed by atoms with Crippen LogP contribution >= 0.6 is 0 Å². The van der Waals surface area contributed by atoms with Crippen molar-refractivity contribution in [1.82, 2.24) is 15.1 Å². The van der Waals surface area contributed by atoms with Crippen molar-refractivity contribution in [2.75, 3.05) is 38.2 Å². The molecule has 0 spiro atoms. The molecule has 2 rings (SSSR count). The third-order valence-corrected chi connectivity index (χ3v) is 3.59. The molecule has 0 unspecified atom stereocenters. The molecule has 0 fully saturated rings. The predicted octanol–water partition coefficient (Wildman–Crippen LogP) is 1.06. The maximum absolute atomic E-state index is 9.18. The molecule has 0 atom stereocenters. The van der Waals surface area contributed by atoms with Gasteiger partial charge in [-0.3, -0.25) is 0 Å². The number of aliphatic hydroxyl groups excluding tert-OH is 1. The van der Waals surface area contributed by atoms with Crippen LogP contribution in [0.5, 0.6) is 0 Å². The Morgan fingerprint density at radius 1 is 1.37 bits per heavy atom. The van der Waals surface area contributed by atoms with Gasteiger partial charge in [0.1, 0.15) is 0 Å². The second kappa shape index (κ2) is 6.82. The van der Waals surface area contributed by atoms with Crippen molar-refractivity contribution in [2.24, 2.45) is 0 Å². The Hall–Kier alpha value is -1.20. The van der Waals surface area contributed by atoms with E-state index in [2.05, 4.69) is 40.0 Å². The molecule has 5 heteroatoms. The molecule has 0 amide bonds. The van der Waals surface area contributed by atoms with Crippen LogP contribution in [-0.2, 0) is 13.0 Å². The molecular weight excluding hydrogens is 240 g/mol. The minimum atomic E-state index is 0.155. The Morgan fingerprint density at radius 3 is 2.95 bits per heavy atom. The molecule has 1 aromatic heterocycles. The molecule has 1 aromatic rings. The Bertz CT molecular complexity index is 410. The van der Waals surface area contributed by atoms with Crippen molar-refractivity contribution >= 4 is 5.82 Å². The smallest absolute Gasteiger partial charge is 0.151 e. The quantitative estimate of drug-likeness (QED) is 0.833. The topological polar surface area (TPSA) is 52.5 Å². The predicted molar refractivity (Wildman–Crippen MR) is 76.3 cm³/mol. The summed E-state index contributed by atoms with van der Waals surface area (Å²) in [6, 6.07) is 2.14. The molecule has 0 radical (unpaired) electrons. The highest BCUT2D eigenvalue weighted by Crippen LogP contribution is 2.20. The molecule has 0 aliphatic carbocycles. The van der Waals surface area contributed by atoms with Crippen LogP contribution in [0.1, 0.15) is 31.0 Å². The molecule has 1 aliphatic rings. The standard InChI is InChI=1S/C14H24N4O/c1-3-4-6-18(8-9-19)14-10-12-11-17(2)7-5-13(12)15-16-14/h10,19H,3-9,11H2,1-2H3. The number of fused-ring (bicyclic) bond motifs is 1. The van der Waals surface area contributed by atoms with Crippen molar-refractivity contribution < 1.29 is 5.11 Å². The third kappa shape index (κ3) is 3.64. The van der Waals surface area contributed by atoms with E-state index in [0.29, 0.717) is 6.54 Å². The summed E-state index contributed by atoms with van der Waals surface area (Å²) in [6.07, 6.45) is 3.23. The molecule has 5 nitrogen and oxygen atoms in total. The van der Waals surface area contributed by atoms with Crippen LogP contribution in [0, 0.1) is 0 Å². The van der Waals surface area contributed by atoms with Crippen LogP contribution < -0.4 is 4.90 Å². The summed E-state index contributed by atoms with van der Waals surface area (Å²) >= 11 is 0. The van der Waals surface area contributed by atoms with Gasteiger partial charge >= 0.3 is 0 Å². The SMILES string of the molecule is CCCCN(CCO)c1cc2c(nn1)CCN(C)C2. The lowest BCUT2D eigenvalue weighted by molar-refractivity contribution is 0.300.